The molecule has 0 aliphatic heterocycles. The van der Waals surface area contributed by atoms with Crippen LogP contribution in [0, 0.1) is 6.92 Å². The van der Waals surface area contributed by atoms with Crippen LogP contribution >= 0.6 is 0 Å². The van der Waals surface area contributed by atoms with Crippen LogP contribution in [0.25, 0.3) is 5.82 Å². The van der Waals surface area contributed by atoms with E-state index in [1.54, 1.807) is 29.3 Å². The summed E-state index contributed by atoms with van der Waals surface area (Å²) >= 11 is 0. The van der Waals surface area contributed by atoms with Crippen molar-refractivity contribution in [1.29, 1.82) is 0 Å². The van der Waals surface area contributed by atoms with Gasteiger partial charge in [0.15, 0.2) is 5.82 Å². The molecule has 0 aromatic carbocycles. The zero-order valence-electron chi connectivity index (χ0n) is 7.62. The fourth-order valence-electron chi connectivity index (χ4n) is 1.10. The summed E-state index contributed by atoms with van der Waals surface area (Å²) in [5, 5.41) is 12.8. The number of hydrogen-bond donors (Lipinski definition) is 1. The van der Waals surface area contributed by atoms with E-state index in [1.165, 1.54) is 0 Å². The molecule has 0 saturated carbocycles. The first-order valence-electron chi connectivity index (χ1n) is 4.12. The van der Waals surface area contributed by atoms with Gasteiger partial charge in [0, 0.05) is 24.7 Å². The summed E-state index contributed by atoms with van der Waals surface area (Å²) in [5.41, 5.74) is 0.640. The molecule has 6 heteroatoms. The maximum Gasteiger partial charge on any atom is 0.330 e. The minimum absolute atomic E-state index is 0.640. The topological polar surface area (TPSA) is 63.8 Å². The van der Waals surface area contributed by atoms with Gasteiger partial charge in [0.25, 0.3) is 0 Å². The summed E-state index contributed by atoms with van der Waals surface area (Å²) < 4.78 is 1.58. The van der Waals surface area contributed by atoms with E-state index in [2.05, 4.69) is 15.1 Å². The highest BCUT2D eigenvalue weighted by molar-refractivity contribution is 6.45. The van der Waals surface area contributed by atoms with Crippen LogP contribution in [0.1, 0.15) is 5.82 Å². The van der Waals surface area contributed by atoms with Crippen LogP contribution in [-0.2, 0) is 0 Å². The van der Waals surface area contributed by atoms with Crippen LogP contribution < -0.4 is 5.46 Å². The van der Waals surface area contributed by atoms with Gasteiger partial charge in [-0.15, -0.1) is 0 Å². The van der Waals surface area contributed by atoms with E-state index in [0.29, 0.717) is 17.1 Å². The maximum absolute atomic E-state index is 8.74. The van der Waals surface area contributed by atoms with Crippen molar-refractivity contribution in [3.63, 3.8) is 0 Å². The number of rotatable bonds is 2. The fourth-order valence-corrected chi connectivity index (χ4v) is 1.10. The van der Waals surface area contributed by atoms with Crippen molar-refractivity contribution in [2.45, 2.75) is 6.92 Å². The molecule has 0 amide bonds. The van der Waals surface area contributed by atoms with Crippen molar-refractivity contribution in [1.82, 2.24) is 19.7 Å². The fraction of sp³-hybridized carbons (Fsp3) is 0.125. The number of aryl methyl sites for hydroxylation is 1. The van der Waals surface area contributed by atoms with Gasteiger partial charge in [-0.25, -0.2) is 14.6 Å². The normalized spacial score (nSPS) is 10.1. The summed E-state index contributed by atoms with van der Waals surface area (Å²) in [6.45, 7) is 1.81. The van der Waals surface area contributed by atoms with Crippen LogP contribution in [0.4, 0.5) is 0 Å². The smallest absolute Gasteiger partial charge is 0.330 e. The molecule has 2 aromatic rings. The van der Waals surface area contributed by atoms with Crippen molar-refractivity contribution in [3.8, 4) is 5.82 Å². The van der Waals surface area contributed by atoms with Gasteiger partial charge in [-0.3, -0.25) is 0 Å². The Bertz CT molecular complexity index is 442. The van der Waals surface area contributed by atoms with E-state index in [9.17, 15) is 0 Å². The molecular formula is C8H8BN4O. The predicted octanol–water partition coefficient (Wildman–Crippen LogP) is -0.792. The Hall–Kier alpha value is -1.69. The first kappa shape index (κ1) is 8.89. The van der Waals surface area contributed by atoms with E-state index in [4.69, 9.17) is 5.02 Å². The standard InChI is InChI=1S/C8H8BN4O/c1-6-10-3-2-8(12-6)13-5-7(9-14)4-11-13/h2-5,14H,1H3. The van der Waals surface area contributed by atoms with E-state index in [-0.39, 0.29) is 0 Å². The van der Waals surface area contributed by atoms with Gasteiger partial charge in [-0.05, 0) is 12.4 Å². The highest BCUT2D eigenvalue weighted by Gasteiger charge is 2.02. The van der Waals surface area contributed by atoms with E-state index in [0.717, 1.165) is 7.48 Å². The second-order valence-corrected chi connectivity index (χ2v) is 2.81. The van der Waals surface area contributed by atoms with Gasteiger partial charge in [0.05, 0.1) is 0 Å². The molecule has 0 fully saturated rings. The predicted molar refractivity (Wildman–Crippen MR) is 51.5 cm³/mol. The van der Waals surface area contributed by atoms with E-state index < -0.39 is 0 Å². The van der Waals surface area contributed by atoms with Crippen molar-refractivity contribution in [2.75, 3.05) is 0 Å². The summed E-state index contributed by atoms with van der Waals surface area (Å²) in [7, 11) is 0.998. The third-order valence-corrected chi connectivity index (χ3v) is 1.75. The van der Waals surface area contributed by atoms with Crippen LogP contribution in [0.15, 0.2) is 24.7 Å². The molecule has 5 nitrogen and oxygen atoms in total. The molecule has 0 aliphatic rings. The summed E-state index contributed by atoms with van der Waals surface area (Å²) in [5.74, 6) is 1.37. The monoisotopic (exact) mass is 187 g/mol. The van der Waals surface area contributed by atoms with Crippen molar-refractivity contribution in [3.05, 3.63) is 30.5 Å². The molecule has 0 atom stereocenters. The van der Waals surface area contributed by atoms with Gasteiger partial charge >= 0.3 is 7.48 Å². The number of nitrogens with zero attached hydrogens (tertiary/aromatic N) is 4. The van der Waals surface area contributed by atoms with Crippen LogP contribution in [-0.4, -0.2) is 32.3 Å². The molecule has 1 N–H and O–H groups in total. The van der Waals surface area contributed by atoms with Crippen LogP contribution in [0.5, 0.6) is 0 Å². The zero-order valence-corrected chi connectivity index (χ0v) is 7.62. The Kier molecular flexibility index (Phi) is 2.28. The number of hydrogen-bond acceptors (Lipinski definition) is 4. The van der Waals surface area contributed by atoms with Gasteiger partial charge in [0.1, 0.15) is 5.82 Å². The molecule has 14 heavy (non-hydrogen) atoms. The molecule has 0 bridgehead atoms. The molecule has 0 unspecified atom stereocenters. The summed E-state index contributed by atoms with van der Waals surface area (Å²) in [6, 6.07) is 1.75. The van der Waals surface area contributed by atoms with Gasteiger partial charge in [-0.2, -0.15) is 5.10 Å². The second kappa shape index (κ2) is 3.59. The molecule has 0 spiro atoms. The van der Waals surface area contributed by atoms with Crippen molar-refractivity contribution < 1.29 is 5.02 Å². The molecule has 0 saturated heterocycles. The van der Waals surface area contributed by atoms with Gasteiger partial charge in [-0.1, -0.05) is 0 Å². The molecule has 0 aliphatic carbocycles. The Morgan fingerprint density at radius 1 is 1.50 bits per heavy atom. The first-order valence-corrected chi connectivity index (χ1v) is 4.12. The van der Waals surface area contributed by atoms with E-state index in [1.807, 2.05) is 6.92 Å². The van der Waals surface area contributed by atoms with Gasteiger partial charge < -0.3 is 5.02 Å². The molecular weight excluding hydrogens is 179 g/mol. The van der Waals surface area contributed by atoms with Gasteiger partial charge in [0.2, 0.25) is 0 Å². The van der Waals surface area contributed by atoms with E-state index >= 15 is 0 Å². The molecule has 1 radical (unpaired) electrons. The third-order valence-electron chi connectivity index (χ3n) is 1.75. The van der Waals surface area contributed by atoms with Crippen molar-refractivity contribution in [2.24, 2.45) is 0 Å². The number of aromatic nitrogens is 4. The first-order chi connectivity index (χ1) is 6.79. The Morgan fingerprint density at radius 3 is 3.00 bits per heavy atom. The lowest BCUT2D eigenvalue weighted by molar-refractivity contribution is 0.615. The molecule has 2 rings (SSSR count). The highest BCUT2D eigenvalue weighted by Crippen LogP contribution is 1.99. The lowest BCUT2D eigenvalue weighted by atomic mass is 9.93. The largest absolute Gasteiger partial charge is 0.450 e. The minimum Gasteiger partial charge on any atom is -0.450 e. The van der Waals surface area contributed by atoms with Crippen molar-refractivity contribution >= 4 is 12.9 Å². The SMILES string of the molecule is Cc1nccc(-n2cc([B]O)cn2)n1. The molecule has 69 valence electrons. The third kappa shape index (κ3) is 1.65. The quantitative estimate of drug-likeness (QED) is 0.625. The molecule has 2 heterocycles. The lowest BCUT2D eigenvalue weighted by Crippen LogP contribution is -2.10. The average molecular weight is 187 g/mol. The summed E-state index contributed by atoms with van der Waals surface area (Å²) in [6.07, 6.45) is 4.90. The molecule has 2 aromatic heterocycles. The summed E-state index contributed by atoms with van der Waals surface area (Å²) in [4.78, 5) is 8.17. The minimum atomic E-state index is 0.640. The average Bonchev–Trinajstić information content (AvgIpc) is 2.66. The Morgan fingerprint density at radius 2 is 2.36 bits per heavy atom. The van der Waals surface area contributed by atoms with Crippen LogP contribution in [0.3, 0.4) is 0 Å². The lowest BCUT2D eigenvalue weighted by Gasteiger charge is -1.99. The van der Waals surface area contributed by atoms with Crippen LogP contribution in [0.2, 0.25) is 0 Å². The Labute approximate surface area is 81.7 Å². The maximum atomic E-state index is 8.74. The highest BCUT2D eigenvalue weighted by atomic mass is 16.2. The zero-order chi connectivity index (χ0) is 9.97. The Balaban J connectivity index is 2.39. The second-order valence-electron chi connectivity index (χ2n) is 2.81.